The van der Waals surface area contributed by atoms with Crippen molar-refractivity contribution in [1.82, 2.24) is 25.6 Å². The molecule has 150 valence electrons. The van der Waals surface area contributed by atoms with E-state index in [4.69, 9.17) is 0 Å². The molecule has 0 bridgehead atoms. The number of carbonyl (C=O) groups excluding carboxylic acids is 1. The second-order valence-corrected chi connectivity index (χ2v) is 6.43. The smallest absolute Gasteiger partial charge is 0.351 e. The maximum atomic E-state index is 14.0. The number of halogens is 5. The van der Waals surface area contributed by atoms with Crippen LogP contribution in [0, 0.1) is 5.82 Å². The summed E-state index contributed by atoms with van der Waals surface area (Å²) in [6, 6.07) is 0.127. The van der Waals surface area contributed by atoms with E-state index in [1.165, 1.54) is 6.07 Å². The number of pyridine rings is 1. The first-order valence-electron chi connectivity index (χ1n) is 8.37. The van der Waals surface area contributed by atoms with E-state index >= 15 is 0 Å². The Labute approximate surface area is 156 Å². The predicted octanol–water partition coefficient (Wildman–Crippen LogP) is 2.40. The summed E-state index contributed by atoms with van der Waals surface area (Å²) in [4.78, 5) is 22.4. The van der Waals surface area contributed by atoms with Gasteiger partial charge in [-0.25, -0.2) is 18.7 Å². The molecule has 0 saturated carbocycles. The third-order valence-electron chi connectivity index (χ3n) is 4.37. The summed E-state index contributed by atoms with van der Waals surface area (Å²) in [5.74, 6) is -2.47. The average Bonchev–Trinajstić information content (AvgIpc) is 2.99. The lowest BCUT2D eigenvalue weighted by molar-refractivity contribution is -0.145. The van der Waals surface area contributed by atoms with Gasteiger partial charge in [0.25, 0.3) is 0 Å². The summed E-state index contributed by atoms with van der Waals surface area (Å²) in [5.41, 5.74) is 0.379. The summed E-state index contributed by atoms with van der Waals surface area (Å²) in [6.07, 6.45) is -3.02. The van der Waals surface area contributed by atoms with Crippen molar-refractivity contribution in [1.29, 1.82) is 0 Å². The number of rotatable bonds is 4. The Kier molecular flexibility index (Phi) is 5.54. The third-order valence-corrected chi connectivity index (χ3v) is 4.37. The maximum Gasteiger partial charge on any atom is 0.451 e. The zero-order chi connectivity index (χ0) is 20.5. The van der Waals surface area contributed by atoms with Gasteiger partial charge in [0.15, 0.2) is 0 Å². The van der Waals surface area contributed by atoms with Crippen molar-refractivity contribution in [2.45, 2.75) is 44.3 Å². The van der Waals surface area contributed by atoms with Gasteiger partial charge in [-0.2, -0.15) is 13.2 Å². The molecule has 0 spiro atoms. The number of nitrogens with zero attached hydrogens (tertiary/aromatic N) is 3. The molecule has 1 aliphatic rings. The molecule has 0 aromatic carbocycles. The molecule has 3 rings (SSSR count). The molecule has 3 heterocycles. The first-order chi connectivity index (χ1) is 13.1. The molecule has 28 heavy (non-hydrogen) atoms. The number of hydrogen-bond acceptors (Lipinski definition) is 5. The zero-order valence-corrected chi connectivity index (χ0v) is 14.6. The highest BCUT2D eigenvalue weighted by atomic mass is 19.4. The molecule has 2 N–H and O–H groups in total. The molecule has 1 fully saturated rings. The topological polar surface area (TPSA) is 79.8 Å². The second kappa shape index (κ2) is 7.74. The SMILES string of the molecule is C[C@H]1N[C@@H](C(=O)NCc2cc(-c3cnc(C(F)(F)F)nc3)ncc2F)C[C@H]1F. The van der Waals surface area contributed by atoms with Crippen molar-refractivity contribution in [3.05, 3.63) is 41.9 Å². The lowest BCUT2D eigenvalue weighted by Gasteiger charge is -2.13. The van der Waals surface area contributed by atoms with Gasteiger partial charge in [0, 0.05) is 42.5 Å². The summed E-state index contributed by atoms with van der Waals surface area (Å²) in [6.45, 7) is 1.43. The van der Waals surface area contributed by atoms with Crippen LogP contribution >= 0.6 is 0 Å². The molecule has 2 aromatic heterocycles. The first-order valence-corrected chi connectivity index (χ1v) is 8.37. The molecule has 0 aliphatic carbocycles. The highest BCUT2D eigenvalue weighted by Crippen LogP contribution is 2.27. The Morgan fingerprint density at radius 1 is 1.25 bits per heavy atom. The fourth-order valence-corrected chi connectivity index (χ4v) is 2.79. The van der Waals surface area contributed by atoms with Crippen LogP contribution in [0.15, 0.2) is 24.7 Å². The lowest BCUT2D eigenvalue weighted by Crippen LogP contribution is -2.42. The van der Waals surface area contributed by atoms with Crippen molar-refractivity contribution in [2.75, 3.05) is 0 Å². The van der Waals surface area contributed by atoms with E-state index in [-0.39, 0.29) is 29.8 Å². The van der Waals surface area contributed by atoms with E-state index in [2.05, 4.69) is 25.6 Å². The molecule has 11 heteroatoms. The largest absolute Gasteiger partial charge is 0.451 e. The molecule has 0 radical (unpaired) electrons. The fraction of sp³-hybridized carbons (Fsp3) is 0.412. The van der Waals surface area contributed by atoms with Crippen molar-refractivity contribution in [3.8, 4) is 11.3 Å². The molecule has 2 aromatic rings. The van der Waals surface area contributed by atoms with Gasteiger partial charge >= 0.3 is 6.18 Å². The van der Waals surface area contributed by atoms with Crippen molar-refractivity contribution >= 4 is 5.91 Å². The van der Waals surface area contributed by atoms with Gasteiger partial charge in [-0.3, -0.25) is 9.78 Å². The van der Waals surface area contributed by atoms with Crippen LogP contribution in [0.25, 0.3) is 11.3 Å². The number of hydrogen-bond donors (Lipinski definition) is 2. The van der Waals surface area contributed by atoms with Gasteiger partial charge in [0.05, 0.1) is 17.9 Å². The van der Waals surface area contributed by atoms with Crippen LogP contribution in [-0.4, -0.2) is 39.1 Å². The molecular formula is C17H16F5N5O. The monoisotopic (exact) mass is 401 g/mol. The van der Waals surface area contributed by atoms with Crippen molar-refractivity contribution in [3.63, 3.8) is 0 Å². The van der Waals surface area contributed by atoms with Gasteiger partial charge in [0.2, 0.25) is 11.7 Å². The Morgan fingerprint density at radius 3 is 2.50 bits per heavy atom. The minimum absolute atomic E-state index is 0.0277. The Hall–Kier alpha value is -2.69. The van der Waals surface area contributed by atoms with Crippen LogP contribution in [0.4, 0.5) is 22.0 Å². The van der Waals surface area contributed by atoms with Crippen molar-refractivity contribution in [2.24, 2.45) is 0 Å². The number of carbonyl (C=O) groups is 1. The number of nitrogens with one attached hydrogen (secondary N) is 2. The van der Waals surface area contributed by atoms with E-state index in [0.717, 1.165) is 18.6 Å². The van der Waals surface area contributed by atoms with Crippen LogP contribution in [0.1, 0.15) is 24.7 Å². The molecule has 1 saturated heterocycles. The quantitative estimate of drug-likeness (QED) is 0.770. The van der Waals surface area contributed by atoms with Gasteiger partial charge in [-0.15, -0.1) is 0 Å². The normalized spacial score (nSPS) is 22.3. The van der Waals surface area contributed by atoms with Gasteiger partial charge in [-0.1, -0.05) is 0 Å². The lowest BCUT2D eigenvalue weighted by atomic mass is 10.1. The highest BCUT2D eigenvalue weighted by Gasteiger charge is 2.35. The predicted molar refractivity (Wildman–Crippen MR) is 88.0 cm³/mol. The highest BCUT2D eigenvalue weighted by molar-refractivity contribution is 5.82. The van der Waals surface area contributed by atoms with Crippen molar-refractivity contribution < 1.29 is 26.7 Å². The van der Waals surface area contributed by atoms with Gasteiger partial charge in [0.1, 0.15) is 12.0 Å². The van der Waals surface area contributed by atoms with Crippen LogP contribution in [0.5, 0.6) is 0 Å². The standard InChI is InChI=1S/C17H16F5N5O/c1-8-11(18)3-14(27-8)15(28)24-4-9-2-13(23-7-12(9)19)10-5-25-16(26-6-10)17(20,21)22/h2,5-8,11,14,27H,3-4H2,1H3,(H,24,28)/t8-,11-,14-/m1/s1. The summed E-state index contributed by atoms with van der Waals surface area (Å²) < 4.78 is 65.1. The van der Waals surface area contributed by atoms with E-state index in [9.17, 15) is 26.7 Å². The van der Waals surface area contributed by atoms with E-state index < -0.39 is 42.0 Å². The molecule has 3 atom stereocenters. The molecule has 0 unspecified atom stereocenters. The molecular weight excluding hydrogens is 385 g/mol. The molecule has 1 aliphatic heterocycles. The number of alkyl halides is 4. The summed E-state index contributed by atoms with van der Waals surface area (Å²) >= 11 is 0. The second-order valence-electron chi connectivity index (χ2n) is 6.43. The third kappa shape index (κ3) is 4.41. The van der Waals surface area contributed by atoms with E-state index in [0.29, 0.717) is 0 Å². The van der Waals surface area contributed by atoms with Crippen LogP contribution in [0.3, 0.4) is 0 Å². The van der Waals surface area contributed by atoms with Crippen LogP contribution < -0.4 is 10.6 Å². The van der Waals surface area contributed by atoms with Gasteiger partial charge in [-0.05, 0) is 13.0 Å². The average molecular weight is 401 g/mol. The first kappa shape index (κ1) is 20.1. The van der Waals surface area contributed by atoms with Gasteiger partial charge < -0.3 is 10.6 Å². The summed E-state index contributed by atoms with van der Waals surface area (Å²) in [5, 5.41) is 5.32. The molecule has 6 nitrogen and oxygen atoms in total. The maximum absolute atomic E-state index is 14.0. The Morgan fingerprint density at radius 2 is 1.93 bits per heavy atom. The van der Waals surface area contributed by atoms with Crippen LogP contribution in [-0.2, 0) is 17.5 Å². The zero-order valence-electron chi connectivity index (χ0n) is 14.6. The fourth-order valence-electron chi connectivity index (χ4n) is 2.79. The Bertz CT molecular complexity index is 848. The van der Waals surface area contributed by atoms with E-state index in [1.807, 2.05) is 0 Å². The minimum atomic E-state index is -4.67. The summed E-state index contributed by atoms with van der Waals surface area (Å²) in [7, 11) is 0. The Balaban J connectivity index is 1.70. The van der Waals surface area contributed by atoms with E-state index in [1.54, 1.807) is 6.92 Å². The van der Waals surface area contributed by atoms with Crippen LogP contribution in [0.2, 0.25) is 0 Å². The molecule has 1 amide bonds. The number of amides is 1. The number of aromatic nitrogens is 3. The minimum Gasteiger partial charge on any atom is -0.351 e.